The van der Waals surface area contributed by atoms with Crippen molar-refractivity contribution in [3.8, 4) is 0 Å². The molecule has 0 aromatic carbocycles. The molecule has 4 atom stereocenters. The van der Waals surface area contributed by atoms with Gasteiger partial charge in [-0.3, -0.25) is 9.69 Å². The fourth-order valence-electron chi connectivity index (χ4n) is 3.12. The van der Waals surface area contributed by atoms with Crippen LogP contribution in [0.3, 0.4) is 0 Å². The van der Waals surface area contributed by atoms with E-state index in [0.29, 0.717) is 17.4 Å². The molecule has 3 aliphatic heterocycles. The van der Waals surface area contributed by atoms with Gasteiger partial charge >= 0.3 is 5.97 Å². The third-order valence-corrected chi connectivity index (χ3v) is 5.75. The fourth-order valence-corrected chi connectivity index (χ4v) is 4.42. The molecule has 0 aromatic rings. The molecule has 0 radical (unpaired) electrons. The van der Waals surface area contributed by atoms with Gasteiger partial charge in [0.05, 0.1) is 6.61 Å². The molecule has 10 heteroatoms. The molecule has 3 aliphatic rings. The molecule has 150 valence electrons. The summed E-state index contributed by atoms with van der Waals surface area (Å²) < 4.78 is 10.5. The van der Waals surface area contributed by atoms with Gasteiger partial charge in [0.25, 0.3) is 5.91 Å². The number of nitrogens with one attached hydrogen (secondary N) is 2. The van der Waals surface area contributed by atoms with E-state index in [9.17, 15) is 14.7 Å². The van der Waals surface area contributed by atoms with Gasteiger partial charge in [0.2, 0.25) is 0 Å². The minimum Gasteiger partial charge on any atom is -0.455 e. The number of esters is 1. The van der Waals surface area contributed by atoms with Crippen LogP contribution in [0.15, 0.2) is 16.3 Å². The fraction of sp³-hybridized carbons (Fsp3) is 0.706. The molecule has 0 spiro atoms. The molecule has 0 bridgehead atoms. The molecule has 0 saturated carbocycles. The standard InChI is InChI=1S/C17H26N4O5S/c1-8-7-27-14-10(19-16-18-9(6-25-5)12(22)20-16)13(23)21(14)11(8)15(24)26-17(2,3)4/h9-10,12,14,22H,6-7H2,1-5H3,(H2,18,19,20)/t9?,10?,12?,14-/m0/s1. The monoisotopic (exact) mass is 398 g/mol. The van der Waals surface area contributed by atoms with Gasteiger partial charge in [0.1, 0.15) is 28.8 Å². The van der Waals surface area contributed by atoms with Gasteiger partial charge in [-0.15, -0.1) is 11.8 Å². The summed E-state index contributed by atoms with van der Waals surface area (Å²) in [6.07, 6.45) is -0.864. The Morgan fingerprint density at radius 1 is 1.48 bits per heavy atom. The Balaban J connectivity index is 1.70. The molecule has 3 unspecified atom stereocenters. The molecular weight excluding hydrogens is 372 g/mol. The maximum Gasteiger partial charge on any atom is 0.355 e. The number of ether oxygens (including phenoxy) is 2. The number of β-lactam (4-membered cyclic amide) rings is 1. The molecule has 0 aromatic heterocycles. The number of amides is 1. The summed E-state index contributed by atoms with van der Waals surface area (Å²) in [6, 6.07) is -0.956. The number of carbonyl (C=O) groups excluding carboxylic acids is 2. The molecular formula is C17H26N4O5S. The van der Waals surface area contributed by atoms with Crippen LogP contribution >= 0.6 is 11.8 Å². The number of carbonyl (C=O) groups is 2. The van der Waals surface area contributed by atoms with Crippen molar-refractivity contribution in [1.82, 2.24) is 15.5 Å². The molecule has 3 heterocycles. The predicted molar refractivity (Wildman–Crippen MR) is 101 cm³/mol. The van der Waals surface area contributed by atoms with Crippen LogP contribution in [-0.2, 0) is 19.1 Å². The molecule has 3 rings (SSSR count). The van der Waals surface area contributed by atoms with Crippen molar-refractivity contribution in [2.75, 3.05) is 19.5 Å². The van der Waals surface area contributed by atoms with Crippen molar-refractivity contribution < 1.29 is 24.2 Å². The Bertz CT molecular complexity index is 702. The Kier molecular flexibility index (Phi) is 5.42. The lowest BCUT2D eigenvalue weighted by atomic mass is 10.0. The van der Waals surface area contributed by atoms with Gasteiger partial charge in [-0.2, -0.15) is 0 Å². The van der Waals surface area contributed by atoms with E-state index in [1.54, 1.807) is 32.5 Å². The number of methoxy groups -OCH3 is 1. The average molecular weight is 398 g/mol. The minimum atomic E-state index is -0.864. The smallest absolute Gasteiger partial charge is 0.355 e. The quantitative estimate of drug-likeness (QED) is 0.440. The maximum atomic E-state index is 12.7. The van der Waals surface area contributed by atoms with Crippen LogP contribution in [0.5, 0.6) is 0 Å². The Hall–Kier alpha value is -1.78. The molecule has 1 fully saturated rings. The first-order valence-electron chi connectivity index (χ1n) is 8.78. The second kappa shape index (κ2) is 7.33. The van der Waals surface area contributed by atoms with Crippen molar-refractivity contribution in [2.45, 2.75) is 57.0 Å². The number of rotatable bonds is 4. The summed E-state index contributed by atoms with van der Waals surface area (Å²) >= 11 is 1.57. The molecule has 3 N–H and O–H groups in total. The van der Waals surface area contributed by atoms with Crippen LogP contribution in [0.25, 0.3) is 0 Å². The third-order valence-electron chi connectivity index (χ3n) is 4.32. The number of hydrogen-bond acceptors (Lipinski definition) is 9. The lowest BCUT2D eigenvalue weighted by Gasteiger charge is -2.50. The summed E-state index contributed by atoms with van der Waals surface area (Å²) in [6.45, 7) is 7.50. The molecule has 9 nitrogen and oxygen atoms in total. The highest BCUT2D eigenvalue weighted by Gasteiger charge is 2.54. The van der Waals surface area contributed by atoms with E-state index in [2.05, 4.69) is 15.6 Å². The number of aliphatic hydroxyl groups is 1. The zero-order valence-corrected chi connectivity index (χ0v) is 16.9. The number of guanidine groups is 1. The zero-order valence-electron chi connectivity index (χ0n) is 16.1. The Labute approximate surface area is 162 Å². The Morgan fingerprint density at radius 3 is 2.81 bits per heavy atom. The number of thioether (sulfide) groups is 1. The second-order valence-corrected chi connectivity index (χ2v) is 8.86. The number of fused-ring (bicyclic) bond motifs is 1. The van der Waals surface area contributed by atoms with Crippen molar-refractivity contribution in [3.63, 3.8) is 0 Å². The van der Waals surface area contributed by atoms with Crippen LogP contribution in [0.4, 0.5) is 0 Å². The maximum absolute atomic E-state index is 12.7. The first-order valence-corrected chi connectivity index (χ1v) is 9.83. The summed E-state index contributed by atoms with van der Waals surface area (Å²) in [5, 5.41) is 15.6. The van der Waals surface area contributed by atoms with E-state index in [-0.39, 0.29) is 17.9 Å². The largest absolute Gasteiger partial charge is 0.455 e. The third kappa shape index (κ3) is 3.92. The van der Waals surface area contributed by atoms with E-state index < -0.39 is 29.9 Å². The van der Waals surface area contributed by atoms with Gasteiger partial charge in [-0.1, -0.05) is 0 Å². The second-order valence-electron chi connectivity index (χ2n) is 7.75. The van der Waals surface area contributed by atoms with Gasteiger partial charge in [0, 0.05) is 12.9 Å². The average Bonchev–Trinajstić information content (AvgIpc) is 2.91. The zero-order chi connectivity index (χ0) is 19.9. The number of aliphatic hydroxyl groups excluding tert-OH is 1. The number of nitrogens with zero attached hydrogens (tertiary/aromatic N) is 2. The van der Waals surface area contributed by atoms with Gasteiger partial charge in [-0.25, -0.2) is 9.79 Å². The van der Waals surface area contributed by atoms with Gasteiger partial charge in [-0.05, 0) is 33.3 Å². The normalized spacial score (nSPS) is 30.4. The van der Waals surface area contributed by atoms with Crippen molar-refractivity contribution >= 4 is 29.6 Å². The van der Waals surface area contributed by atoms with Gasteiger partial charge < -0.3 is 25.2 Å². The molecule has 1 amide bonds. The first kappa shape index (κ1) is 20.0. The summed E-state index contributed by atoms with van der Waals surface area (Å²) in [7, 11) is 1.53. The highest BCUT2D eigenvalue weighted by molar-refractivity contribution is 8.00. The van der Waals surface area contributed by atoms with E-state index in [4.69, 9.17) is 9.47 Å². The summed E-state index contributed by atoms with van der Waals surface area (Å²) in [5.41, 5.74) is 0.518. The van der Waals surface area contributed by atoms with Crippen molar-refractivity contribution in [1.29, 1.82) is 0 Å². The SMILES string of the molecule is COCC1N=C(NC2C(=O)N3C(C(=O)OC(C)(C)C)=C(C)CS[C@@H]23)NC1O. The van der Waals surface area contributed by atoms with Gasteiger partial charge in [0.15, 0.2) is 12.2 Å². The van der Waals surface area contributed by atoms with E-state index in [1.165, 1.54) is 12.0 Å². The summed E-state index contributed by atoms with van der Waals surface area (Å²) in [4.78, 5) is 31.1. The number of hydrogen-bond donors (Lipinski definition) is 3. The van der Waals surface area contributed by atoms with Crippen LogP contribution in [0, 0.1) is 0 Å². The lowest BCUT2D eigenvalue weighted by Crippen LogP contribution is -2.71. The van der Waals surface area contributed by atoms with Crippen molar-refractivity contribution in [3.05, 3.63) is 11.3 Å². The molecule has 27 heavy (non-hydrogen) atoms. The highest BCUT2D eigenvalue weighted by Crippen LogP contribution is 2.40. The van der Waals surface area contributed by atoms with Crippen molar-refractivity contribution in [2.24, 2.45) is 4.99 Å². The van der Waals surface area contributed by atoms with Crippen LogP contribution in [0.1, 0.15) is 27.7 Å². The first-order chi connectivity index (χ1) is 12.6. The highest BCUT2D eigenvalue weighted by atomic mass is 32.2. The van der Waals surface area contributed by atoms with Crippen LogP contribution in [-0.4, -0.2) is 76.6 Å². The summed E-state index contributed by atoms with van der Waals surface area (Å²) in [5.74, 6) is 0.287. The lowest BCUT2D eigenvalue weighted by molar-refractivity contribution is -0.158. The topological polar surface area (TPSA) is 112 Å². The number of aliphatic imine (C=N–C) groups is 1. The van der Waals surface area contributed by atoms with Crippen LogP contribution in [0.2, 0.25) is 0 Å². The Morgan fingerprint density at radius 2 is 2.19 bits per heavy atom. The van der Waals surface area contributed by atoms with Crippen LogP contribution < -0.4 is 10.6 Å². The molecule has 0 aliphatic carbocycles. The van der Waals surface area contributed by atoms with E-state index in [0.717, 1.165) is 5.57 Å². The van der Waals surface area contributed by atoms with E-state index in [1.807, 2.05) is 6.92 Å². The predicted octanol–water partition coefficient (Wildman–Crippen LogP) is -0.232. The van der Waals surface area contributed by atoms with E-state index >= 15 is 0 Å². The minimum absolute atomic E-state index is 0.221. The molecule has 1 saturated heterocycles.